The van der Waals surface area contributed by atoms with E-state index in [1.54, 1.807) is 0 Å². The molecule has 1 saturated carbocycles. The molecule has 0 aliphatic heterocycles. The van der Waals surface area contributed by atoms with Crippen molar-refractivity contribution in [3.8, 4) is 12.3 Å². The Morgan fingerprint density at radius 2 is 2.33 bits per heavy atom. The van der Waals surface area contributed by atoms with Gasteiger partial charge in [0.2, 0.25) is 0 Å². The van der Waals surface area contributed by atoms with E-state index in [-0.39, 0.29) is 11.6 Å². The van der Waals surface area contributed by atoms with Crippen LogP contribution in [0.5, 0.6) is 0 Å². The molecule has 1 aliphatic carbocycles. The molecule has 2 N–H and O–H groups in total. The standard InChI is InChI=1S/C9H14N2O/c1-3-7-10-8(12)11-9(2)5-4-6-9/h1H,4-7H2,2H3,(H2,10,11,12). The minimum atomic E-state index is -0.157. The van der Waals surface area contributed by atoms with E-state index in [4.69, 9.17) is 6.42 Å². The monoisotopic (exact) mass is 166 g/mol. The number of hydrogen-bond donors (Lipinski definition) is 2. The molecule has 0 bridgehead atoms. The Morgan fingerprint density at radius 3 is 2.75 bits per heavy atom. The molecule has 12 heavy (non-hydrogen) atoms. The first-order valence-electron chi connectivity index (χ1n) is 4.16. The van der Waals surface area contributed by atoms with Crippen molar-refractivity contribution in [3.63, 3.8) is 0 Å². The van der Waals surface area contributed by atoms with E-state index in [0.29, 0.717) is 6.54 Å². The Bertz CT molecular complexity index is 213. The van der Waals surface area contributed by atoms with Crippen molar-refractivity contribution in [1.82, 2.24) is 10.6 Å². The van der Waals surface area contributed by atoms with Crippen LogP contribution in [0.25, 0.3) is 0 Å². The summed E-state index contributed by atoms with van der Waals surface area (Å²) >= 11 is 0. The molecule has 3 nitrogen and oxygen atoms in total. The molecule has 0 unspecified atom stereocenters. The number of amides is 2. The Morgan fingerprint density at radius 1 is 1.67 bits per heavy atom. The first-order valence-corrected chi connectivity index (χ1v) is 4.16. The zero-order valence-electron chi connectivity index (χ0n) is 7.31. The van der Waals surface area contributed by atoms with Gasteiger partial charge in [-0.3, -0.25) is 0 Å². The molecule has 2 amide bonds. The summed E-state index contributed by atoms with van der Waals surface area (Å²) in [5, 5.41) is 5.45. The maximum atomic E-state index is 11.1. The maximum absolute atomic E-state index is 11.1. The van der Waals surface area contributed by atoms with Gasteiger partial charge in [-0.2, -0.15) is 0 Å². The predicted octanol–water partition coefficient (Wildman–Crippen LogP) is 0.861. The van der Waals surface area contributed by atoms with Crippen LogP contribution < -0.4 is 10.6 Å². The molecular formula is C9H14N2O. The molecule has 0 aromatic rings. The van der Waals surface area contributed by atoms with Crippen molar-refractivity contribution in [2.24, 2.45) is 0 Å². The van der Waals surface area contributed by atoms with Crippen LogP contribution in [0.3, 0.4) is 0 Å². The fourth-order valence-electron chi connectivity index (χ4n) is 1.28. The van der Waals surface area contributed by atoms with E-state index in [0.717, 1.165) is 12.8 Å². The van der Waals surface area contributed by atoms with E-state index in [1.807, 2.05) is 6.92 Å². The van der Waals surface area contributed by atoms with Crippen LogP contribution in [-0.4, -0.2) is 18.1 Å². The Balaban J connectivity index is 2.22. The highest BCUT2D eigenvalue weighted by Crippen LogP contribution is 2.30. The van der Waals surface area contributed by atoms with Gasteiger partial charge in [0.15, 0.2) is 0 Å². The summed E-state index contributed by atoms with van der Waals surface area (Å²) in [5.41, 5.74) is 0.0126. The van der Waals surface area contributed by atoms with E-state index >= 15 is 0 Å². The van der Waals surface area contributed by atoms with E-state index in [1.165, 1.54) is 6.42 Å². The average molecular weight is 166 g/mol. The lowest BCUT2D eigenvalue weighted by Crippen LogP contribution is -2.54. The summed E-state index contributed by atoms with van der Waals surface area (Å²) < 4.78 is 0. The predicted molar refractivity (Wildman–Crippen MR) is 47.6 cm³/mol. The largest absolute Gasteiger partial charge is 0.333 e. The van der Waals surface area contributed by atoms with Crippen LogP contribution in [0.2, 0.25) is 0 Å². The summed E-state index contributed by atoms with van der Waals surface area (Å²) in [7, 11) is 0. The fourth-order valence-corrected chi connectivity index (χ4v) is 1.28. The Kier molecular flexibility index (Phi) is 2.59. The van der Waals surface area contributed by atoms with Gasteiger partial charge in [0.25, 0.3) is 0 Å². The van der Waals surface area contributed by atoms with Gasteiger partial charge >= 0.3 is 6.03 Å². The minimum absolute atomic E-state index is 0.0126. The van der Waals surface area contributed by atoms with Crippen LogP contribution >= 0.6 is 0 Å². The number of hydrogen-bond acceptors (Lipinski definition) is 1. The second-order valence-corrected chi connectivity index (χ2v) is 3.43. The smallest absolute Gasteiger partial charge is 0.315 e. The van der Waals surface area contributed by atoms with Gasteiger partial charge in [0, 0.05) is 5.54 Å². The van der Waals surface area contributed by atoms with E-state index in [2.05, 4.69) is 16.6 Å². The molecule has 0 aromatic carbocycles. The average Bonchev–Trinajstić information content (AvgIpc) is 1.98. The molecule has 1 fully saturated rings. The highest BCUT2D eigenvalue weighted by molar-refractivity contribution is 5.75. The van der Waals surface area contributed by atoms with Crippen molar-refractivity contribution in [2.75, 3.05) is 6.54 Å². The molecule has 0 heterocycles. The summed E-state index contributed by atoms with van der Waals surface area (Å²) in [6.07, 6.45) is 8.33. The number of nitrogens with one attached hydrogen (secondary N) is 2. The van der Waals surface area contributed by atoms with E-state index in [9.17, 15) is 4.79 Å². The molecule has 0 saturated heterocycles. The van der Waals surface area contributed by atoms with Gasteiger partial charge in [0.1, 0.15) is 0 Å². The summed E-state index contributed by atoms with van der Waals surface area (Å²) in [6, 6.07) is -0.157. The molecule has 1 rings (SSSR count). The van der Waals surface area contributed by atoms with Crippen LogP contribution in [-0.2, 0) is 0 Å². The Hall–Kier alpha value is -1.17. The molecule has 1 aliphatic rings. The number of rotatable bonds is 2. The fraction of sp³-hybridized carbons (Fsp3) is 0.667. The SMILES string of the molecule is C#CCNC(=O)NC1(C)CCC1. The number of carbonyl (C=O) groups excluding carboxylic acids is 1. The van der Waals surface area contributed by atoms with Gasteiger partial charge in [0.05, 0.1) is 6.54 Å². The minimum Gasteiger partial charge on any atom is -0.333 e. The quantitative estimate of drug-likeness (QED) is 0.587. The number of terminal acetylenes is 1. The highest BCUT2D eigenvalue weighted by atomic mass is 16.2. The van der Waals surface area contributed by atoms with Crippen molar-refractivity contribution >= 4 is 6.03 Å². The molecule has 0 radical (unpaired) electrons. The first kappa shape index (κ1) is 8.92. The van der Waals surface area contributed by atoms with Gasteiger partial charge in [-0.25, -0.2) is 4.79 Å². The van der Waals surface area contributed by atoms with Crippen molar-refractivity contribution in [2.45, 2.75) is 31.7 Å². The third-order valence-corrected chi connectivity index (χ3v) is 2.22. The molecule has 0 spiro atoms. The van der Waals surface area contributed by atoms with Crippen LogP contribution in [0.15, 0.2) is 0 Å². The summed E-state index contributed by atoms with van der Waals surface area (Å²) in [4.78, 5) is 11.1. The van der Waals surface area contributed by atoms with Crippen LogP contribution in [0, 0.1) is 12.3 Å². The molecule has 3 heteroatoms. The van der Waals surface area contributed by atoms with Gasteiger partial charge in [-0.05, 0) is 26.2 Å². The normalized spacial score (nSPS) is 18.7. The maximum Gasteiger partial charge on any atom is 0.315 e. The second kappa shape index (κ2) is 3.48. The summed E-state index contributed by atoms with van der Waals surface area (Å²) in [6.45, 7) is 2.34. The lowest BCUT2D eigenvalue weighted by molar-refractivity contribution is 0.192. The zero-order chi connectivity index (χ0) is 9.03. The highest BCUT2D eigenvalue weighted by Gasteiger charge is 2.32. The number of carbonyl (C=O) groups is 1. The van der Waals surface area contributed by atoms with E-state index < -0.39 is 0 Å². The lowest BCUT2D eigenvalue weighted by Gasteiger charge is -2.38. The lowest BCUT2D eigenvalue weighted by atomic mass is 9.79. The molecule has 0 aromatic heterocycles. The van der Waals surface area contributed by atoms with Gasteiger partial charge in [-0.1, -0.05) is 5.92 Å². The Labute approximate surface area is 72.9 Å². The topological polar surface area (TPSA) is 41.1 Å². The zero-order valence-corrected chi connectivity index (χ0v) is 7.31. The summed E-state index contributed by atoms with van der Waals surface area (Å²) in [5.74, 6) is 2.35. The van der Waals surface area contributed by atoms with Gasteiger partial charge < -0.3 is 10.6 Å². The van der Waals surface area contributed by atoms with Crippen molar-refractivity contribution in [1.29, 1.82) is 0 Å². The molecule has 0 atom stereocenters. The van der Waals surface area contributed by atoms with Gasteiger partial charge in [-0.15, -0.1) is 6.42 Å². The number of urea groups is 1. The third-order valence-electron chi connectivity index (χ3n) is 2.22. The van der Waals surface area contributed by atoms with Crippen LogP contribution in [0.4, 0.5) is 4.79 Å². The molecule has 66 valence electrons. The third kappa shape index (κ3) is 2.16. The molecular weight excluding hydrogens is 152 g/mol. The first-order chi connectivity index (χ1) is 5.66. The second-order valence-electron chi connectivity index (χ2n) is 3.43. The van der Waals surface area contributed by atoms with Crippen molar-refractivity contribution < 1.29 is 4.79 Å². The van der Waals surface area contributed by atoms with Crippen LogP contribution in [0.1, 0.15) is 26.2 Å². The van der Waals surface area contributed by atoms with Crippen molar-refractivity contribution in [3.05, 3.63) is 0 Å².